The fourth-order valence-corrected chi connectivity index (χ4v) is 2.73. The molecule has 22 heavy (non-hydrogen) atoms. The first-order valence-corrected chi connectivity index (χ1v) is 7.90. The van der Waals surface area contributed by atoms with Crippen molar-refractivity contribution in [2.75, 3.05) is 14.2 Å². The van der Waals surface area contributed by atoms with Crippen molar-refractivity contribution >= 4 is 21.9 Å². The molecule has 3 nitrogen and oxygen atoms in total. The largest absolute Gasteiger partial charge is 0.496 e. The van der Waals surface area contributed by atoms with E-state index in [4.69, 9.17) is 9.47 Å². The van der Waals surface area contributed by atoms with Crippen LogP contribution < -0.4 is 4.74 Å². The Balaban J connectivity index is 2.17. The summed E-state index contributed by atoms with van der Waals surface area (Å²) < 4.78 is 11.3. The van der Waals surface area contributed by atoms with Gasteiger partial charge in [0.25, 0.3) is 0 Å². The Kier molecular flexibility index (Phi) is 6.01. The number of esters is 1. The van der Waals surface area contributed by atoms with E-state index in [1.807, 2.05) is 48.5 Å². The van der Waals surface area contributed by atoms with Crippen LogP contribution in [0, 0.1) is 0 Å². The molecule has 0 N–H and O–H groups in total. The van der Waals surface area contributed by atoms with Gasteiger partial charge >= 0.3 is 5.97 Å². The average Bonchev–Trinajstić information content (AvgIpc) is 2.56. The van der Waals surface area contributed by atoms with Gasteiger partial charge in [0.1, 0.15) is 5.75 Å². The number of rotatable bonds is 6. The number of carbonyl (C=O) groups excluding carboxylic acids is 1. The Bertz CT molecular complexity index is 622. The van der Waals surface area contributed by atoms with Gasteiger partial charge in [-0.3, -0.25) is 4.79 Å². The second-order valence-electron chi connectivity index (χ2n) is 4.98. The third-order valence-corrected chi connectivity index (χ3v) is 4.18. The number of carbonyl (C=O) groups is 1. The normalized spacial score (nSPS) is 11.8. The number of benzene rings is 2. The zero-order valence-electron chi connectivity index (χ0n) is 12.7. The van der Waals surface area contributed by atoms with E-state index in [2.05, 4.69) is 15.9 Å². The molecule has 0 aliphatic carbocycles. The second kappa shape index (κ2) is 7.99. The monoisotopic (exact) mass is 362 g/mol. The van der Waals surface area contributed by atoms with Gasteiger partial charge in [0.2, 0.25) is 0 Å². The lowest BCUT2D eigenvalue weighted by atomic mass is 9.92. The Morgan fingerprint density at radius 2 is 1.77 bits per heavy atom. The summed E-state index contributed by atoms with van der Waals surface area (Å²) >= 11 is 3.41. The first-order chi connectivity index (χ1) is 10.7. The molecule has 0 heterocycles. The van der Waals surface area contributed by atoms with Gasteiger partial charge in [0.05, 0.1) is 20.1 Å². The summed E-state index contributed by atoms with van der Waals surface area (Å²) in [5.41, 5.74) is 2.06. The summed E-state index contributed by atoms with van der Waals surface area (Å²) in [6.07, 6.45) is 1.43. The van der Waals surface area contributed by atoms with Gasteiger partial charge in [-0.05, 0) is 42.2 Å². The van der Waals surface area contributed by atoms with Crippen molar-refractivity contribution in [3.05, 3.63) is 64.1 Å². The molecule has 0 aliphatic heterocycles. The van der Waals surface area contributed by atoms with Crippen molar-refractivity contribution < 1.29 is 14.3 Å². The number of hydrogen-bond acceptors (Lipinski definition) is 3. The van der Waals surface area contributed by atoms with E-state index in [1.54, 1.807) is 7.11 Å². The Labute approximate surface area is 139 Å². The Hall–Kier alpha value is -1.81. The SMILES string of the molecule is COC(=O)C(CCc1ccccc1OC)c1ccc(Br)cc1. The summed E-state index contributed by atoms with van der Waals surface area (Å²) in [6, 6.07) is 15.7. The van der Waals surface area contributed by atoms with Gasteiger partial charge in [0, 0.05) is 4.47 Å². The maximum absolute atomic E-state index is 12.1. The molecule has 0 saturated carbocycles. The number of aryl methyl sites for hydroxylation is 1. The van der Waals surface area contributed by atoms with Crippen molar-refractivity contribution in [3.8, 4) is 5.75 Å². The highest BCUT2D eigenvalue weighted by atomic mass is 79.9. The number of para-hydroxylation sites is 1. The smallest absolute Gasteiger partial charge is 0.313 e. The van der Waals surface area contributed by atoms with Crippen LogP contribution in [0.2, 0.25) is 0 Å². The lowest BCUT2D eigenvalue weighted by molar-refractivity contribution is -0.142. The van der Waals surface area contributed by atoms with Gasteiger partial charge in [-0.15, -0.1) is 0 Å². The molecule has 116 valence electrons. The van der Waals surface area contributed by atoms with E-state index >= 15 is 0 Å². The molecule has 0 radical (unpaired) electrons. The van der Waals surface area contributed by atoms with Crippen LogP contribution >= 0.6 is 15.9 Å². The van der Waals surface area contributed by atoms with Gasteiger partial charge in [-0.25, -0.2) is 0 Å². The van der Waals surface area contributed by atoms with Crippen molar-refractivity contribution in [3.63, 3.8) is 0 Å². The molecule has 0 saturated heterocycles. The fraction of sp³-hybridized carbons (Fsp3) is 0.278. The molecule has 2 rings (SSSR count). The lowest BCUT2D eigenvalue weighted by Crippen LogP contribution is -2.15. The highest BCUT2D eigenvalue weighted by molar-refractivity contribution is 9.10. The summed E-state index contributed by atoms with van der Waals surface area (Å²) in [6.45, 7) is 0. The third kappa shape index (κ3) is 4.10. The minimum atomic E-state index is -0.275. The minimum Gasteiger partial charge on any atom is -0.496 e. The molecule has 0 aromatic heterocycles. The van der Waals surface area contributed by atoms with Gasteiger partial charge in [-0.1, -0.05) is 46.3 Å². The van der Waals surface area contributed by atoms with Crippen LogP contribution in [0.1, 0.15) is 23.5 Å². The molecule has 1 atom stereocenters. The predicted molar refractivity (Wildman–Crippen MR) is 90.2 cm³/mol. The average molecular weight is 363 g/mol. The van der Waals surface area contributed by atoms with Crippen LogP contribution in [-0.2, 0) is 16.0 Å². The van der Waals surface area contributed by atoms with E-state index in [1.165, 1.54) is 7.11 Å². The van der Waals surface area contributed by atoms with Gasteiger partial charge < -0.3 is 9.47 Å². The molecule has 1 unspecified atom stereocenters. The van der Waals surface area contributed by atoms with Crippen molar-refractivity contribution in [2.24, 2.45) is 0 Å². The third-order valence-electron chi connectivity index (χ3n) is 3.65. The topological polar surface area (TPSA) is 35.5 Å². The van der Waals surface area contributed by atoms with E-state index in [9.17, 15) is 4.79 Å². The number of methoxy groups -OCH3 is 2. The number of hydrogen-bond donors (Lipinski definition) is 0. The summed E-state index contributed by atoms with van der Waals surface area (Å²) in [5, 5.41) is 0. The summed E-state index contributed by atoms with van der Waals surface area (Å²) in [4.78, 5) is 12.1. The standard InChI is InChI=1S/C18H19BrO3/c1-21-17-6-4-3-5-14(17)9-12-16(18(20)22-2)13-7-10-15(19)11-8-13/h3-8,10-11,16H,9,12H2,1-2H3. The van der Waals surface area contributed by atoms with Crippen LogP contribution in [0.25, 0.3) is 0 Å². The highest BCUT2D eigenvalue weighted by Gasteiger charge is 2.21. The molecule has 0 fully saturated rings. The van der Waals surface area contributed by atoms with Gasteiger partial charge in [-0.2, -0.15) is 0 Å². The zero-order chi connectivity index (χ0) is 15.9. The van der Waals surface area contributed by atoms with E-state index < -0.39 is 0 Å². The van der Waals surface area contributed by atoms with E-state index in [-0.39, 0.29) is 11.9 Å². The lowest BCUT2D eigenvalue weighted by Gasteiger charge is -2.16. The fourth-order valence-electron chi connectivity index (χ4n) is 2.47. The molecular weight excluding hydrogens is 344 g/mol. The van der Waals surface area contributed by atoms with Crippen molar-refractivity contribution in [2.45, 2.75) is 18.8 Å². The number of halogens is 1. The van der Waals surface area contributed by atoms with E-state index in [0.717, 1.165) is 27.8 Å². The quantitative estimate of drug-likeness (QED) is 0.716. The molecular formula is C18H19BrO3. The first kappa shape index (κ1) is 16.6. The first-order valence-electron chi connectivity index (χ1n) is 7.11. The van der Waals surface area contributed by atoms with Crippen LogP contribution in [0.15, 0.2) is 53.0 Å². The van der Waals surface area contributed by atoms with Crippen LogP contribution in [0.3, 0.4) is 0 Å². The maximum atomic E-state index is 12.1. The summed E-state index contributed by atoms with van der Waals surface area (Å²) in [5.74, 6) is 0.363. The van der Waals surface area contributed by atoms with Gasteiger partial charge in [0.15, 0.2) is 0 Å². The second-order valence-corrected chi connectivity index (χ2v) is 5.89. The zero-order valence-corrected chi connectivity index (χ0v) is 14.3. The highest BCUT2D eigenvalue weighted by Crippen LogP contribution is 2.27. The molecule has 0 amide bonds. The van der Waals surface area contributed by atoms with Crippen molar-refractivity contribution in [1.82, 2.24) is 0 Å². The minimum absolute atomic E-state index is 0.211. The van der Waals surface area contributed by atoms with Crippen LogP contribution in [0.5, 0.6) is 5.75 Å². The maximum Gasteiger partial charge on any atom is 0.313 e. The summed E-state index contributed by atoms with van der Waals surface area (Å²) in [7, 11) is 3.09. The Morgan fingerprint density at radius 1 is 1.09 bits per heavy atom. The molecule has 2 aromatic carbocycles. The molecule has 4 heteroatoms. The molecule has 2 aromatic rings. The number of ether oxygens (including phenoxy) is 2. The van der Waals surface area contributed by atoms with E-state index in [0.29, 0.717) is 6.42 Å². The predicted octanol–water partition coefficient (Wildman–Crippen LogP) is 4.35. The van der Waals surface area contributed by atoms with Crippen LogP contribution in [-0.4, -0.2) is 20.2 Å². The Morgan fingerprint density at radius 3 is 2.41 bits per heavy atom. The van der Waals surface area contributed by atoms with Crippen molar-refractivity contribution in [1.29, 1.82) is 0 Å². The molecule has 0 spiro atoms. The molecule has 0 aliphatic rings. The van der Waals surface area contributed by atoms with Crippen LogP contribution in [0.4, 0.5) is 0 Å². The molecule has 0 bridgehead atoms.